The lowest BCUT2D eigenvalue weighted by molar-refractivity contribution is -0.140. The van der Waals surface area contributed by atoms with Crippen molar-refractivity contribution in [3.63, 3.8) is 0 Å². The molecule has 180 valence electrons. The zero-order chi connectivity index (χ0) is 23.0. The van der Waals surface area contributed by atoms with Gasteiger partial charge in [0.1, 0.15) is 0 Å². The van der Waals surface area contributed by atoms with Crippen LogP contribution in [0.1, 0.15) is 48.9 Å². The van der Waals surface area contributed by atoms with Gasteiger partial charge in [0.2, 0.25) is 5.91 Å². The molecule has 0 unspecified atom stereocenters. The van der Waals surface area contributed by atoms with Crippen LogP contribution in [0.5, 0.6) is 0 Å². The molecule has 2 N–H and O–H groups in total. The van der Waals surface area contributed by atoms with E-state index in [0.717, 1.165) is 81.2 Å². The van der Waals surface area contributed by atoms with Crippen molar-refractivity contribution in [3.05, 3.63) is 23.8 Å². The van der Waals surface area contributed by atoms with E-state index >= 15 is 0 Å². The van der Waals surface area contributed by atoms with Crippen molar-refractivity contribution in [2.75, 3.05) is 63.7 Å². The molecular weight excluding hydrogens is 416 g/mol. The molecule has 33 heavy (non-hydrogen) atoms. The van der Waals surface area contributed by atoms with Crippen LogP contribution in [0.15, 0.2) is 18.2 Å². The van der Waals surface area contributed by atoms with Crippen LogP contribution >= 0.6 is 0 Å². The maximum absolute atomic E-state index is 13.5. The lowest BCUT2D eigenvalue weighted by atomic mass is 9.49. The van der Waals surface area contributed by atoms with Crippen LogP contribution in [0.2, 0.25) is 0 Å². The van der Waals surface area contributed by atoms with Crippen LogP contribution < -0.4 is 15.5 Å². The number of carbonyl (C=O) groups is 2. The number of hydrogen-bond acceptors (Lipinski definition) is 5. The predicted molar refractivity (Wildman–Crippen MR) is 130 cm³/mol. The minimum Gasteiger partial charge on any atom is -0.379 e. The Kier molecular flexibility index (Phi) is 6.36. The zero-order valence-electron chi connectivity index (χ0n) is 20.1. The summed E-state index contributed by atoms with van der Waals surface area (Å²) >= 11 is 0. The molecule has 1 heterocycles. The fourth-order valence-corrected chi connectivity index (χ4v) is 7.09. The van der Waals surface area contributed by atoms with E-state index in [0.29, 0.717) is 12.1 Å². The standard InChI is InChI=1S/C26H38N4O3/c1-29(2)23-4-3-21(14-22(23)24(31)27-5-6-30-7-9-33-10-8-30)28-25(32)26-15-18-11-19(16-26)13-20(12-18)17-26/h3-4,14,18-20H,5-13,15-17H2,1-2H3,(H,27,31)(H,28,32). The number of carbonyl (C=O) groups excluding carboxylic acids is 2. The second-order valence-corrected chi connectivity index (χ2v) is 11.0. The van der Waals surface area contributed by atoms with Gasteiger partial charge in [-0.2, -0.15) is 0 Å². The summed E-state index contributed by atoms with van der Waals surface area (Å²) in [6.45, 7) is 4.73. The molecule has 7 nitrogen and oxygen atoms in total. The topological polar surface area (TPSA) is 73.9 Å². The normalized spacial score (nSPS) is 30.8. The van der Waals surface area contributed by atoms with Crippen molar-refractivity contribution in [1.29, 1.82) is 0 Å². The highest BCUT2D eigenvalue weighted by atomic mass is 16.5. The molecule has 1 aromatic rings. The first-order chi connectivity index (χ1) is 15.9. The van der Waals surface area contributed by atoms with E-state index in [-0.39, 0.29) is 17.2 Å². The minimum atomic E-state index is -0.199. The van der Waals surface area contributed by atoms with Gasteiger partial charge in [-0.25, -0.2) is 0 Å². The Balaban J connectivity index is 1.26. The monoisotopic (exact) mass is 454 g/mol. The fraction of sp³-hybridized carbons (Fsp3) is 0.692. The smallest absolute Gasteiger partial charge is 0.253 e. The third-order valence-electron chi connectivity index (χ3n) is 8.32. The highest BCUT2D eigenvalue weighted by Crippen LogP contribution is 2.60. The third-order valence-corrected chi connectivity index (χ3v) is 8.32. The Morgan fingerprint density at radius 1 is 1.06 bits per heavy atom. The van der Waals surface area contributed by atoms with Gasteiger partial charge in [0.05, 0.1) is 24.2 Å². The SMILES string of the molecule is CN(C)c1ccc(NC(=O)C23CC4CC(CC(C4)C2)C3)cc1C(=O)NCCN1CCOCC1. The first-order valence-corrected chi connectivity index (χ1v) is 12.6. The number of hydrogen-bond donors (Lipinski definition) is 2. The molecule has 1 saturated heterocycles. The van der Waals surface area contributed by atoms with Gasteiger partial charge in [0.15, 0.2) is 0 Å². The Morgan fingerprint density at radius 3 is 2.30 bits per heavy atom. The Labute approximate surface area is 197 Å². The average molecular weight is 455 g/mol. The number of morpholine rings is 1. The second-order valence-electron chi connectivity index (χ2n) is 11.0. The van der Waals surface area contributed by atoms with Crippen LogP contribution in [-0.2, 0) is 9.53 Å². The van der Waals surface area contributed by atoms with Crippen molar-refractivity contribution in [3.8, 4) is 0 Å². The molecule has 6 rings (SSSR count). The van der Waals surface area contributed by atoms with Crippen LogP contribution in [0, 0.1) is 23.2 Å². The first kappa shape index (κ1) is 22.7. The second kappa shape index (κ2) is 9.26. The van der Waals surface area contributed by atoms with Gasteiger partial charge in [-0.3, -0.25) is 14.5 Å². The quantitative estimate of drug-likeness (QED) is 0.663. The Bertz CT molecular complexity index is 858. The summed E-state index contributed by atoms with van der Waals surface area (Å²) in [6, 6.07) is 5.71. The Hall–Kier alpha value is -2.12. The van der Waals surface area contributed by atoms with Gasteiger partial charge in [-0.15, -0.1) is 0 Å². The van der Waals surface area contributed by atoms with Gasteiger partial charge >= 0.3 is 0 Å². The number of nitrogens with one attached hydrogen (secondary N) is 2. The van der Waals surface area contributed by atoms with Crippen molar-refractivity contribution in [1.82, 2.24) is 10.2 Å². The highest BCUT2D eigenvalue weighted by molar-refractivity contribution is 6.02. The molecular formula is C26H38N4O3. The van der Waals surface area contributed by atoms with Crippen molar-refractivity contribution >= 4 is 23.2 Å². The summed E-state index contributed by atoms with van der Waals surface area (Å²) in [5, 5.41) is 6.28. The van der Waals surface area contributed by atoms with Gasteiger partial charge in [0, 0.05) is 51.6 Å². The lowest BCUT2D eigenvalue weighted by Gasteiger charge is -2.55. The Morgan fingerprint density at radius 2 is 1.70 bits per heavy atom. The molecule has 4 bridgehead atoms. The molecule has 1 aliphatic heterocycles. The molecule has 0 aromatic heterocycles. The van der Waals surface area contributed by atoms with E-state index in [2.05, 4.69) is 15.5 Å². The van der Waals surface area contributed by atoms with Crippen LogP contribution in [-0.4, -0.2) is 70.2 Å². The zero-order valence-corrected chi connectivity index (χ0v) is 20.1. The number of anilines is 2. The van der Waals surface area contributed by atoms with E-state index in [1.165, 1.54) is 19.3 Å². The fourth-order valence-electron chi connectivity index (χ4n) is 7.09. The maximum Gasteiger partial charge on any atom is 0.253 e. The summed E-state index contributed by atoms with van der Waals surface area (Å²) in [5.41, 5.74) is 1.98. The van der Waals surface area contributed by atoms with E-state index in [9.17, 15) is 9.59 Å². The van der Waals surface area contributed by atoms with Gasteiger partial charge in [-0.05, 0) is 74.5 Å². The predicted octanol–water partition coefficient (Wildman–Crippen LogP) is 2.97. The molecule has 0 atom stereocenters. The van der Waals surface area contributed by atoms with Gasteiger partial charge in [0.25, 0.3) is 5.91 Å². The van der Waals surface area contributed by atoms with Crippen LogP contribution in [0.3, 0.4) is 0 Å². The maximum atomic E-state index is 13.5. The summed E-state index contributed by atoms with van der Waals surface area (Å²) in [4.78, 5) is 30.8. The average Bonchev–Trinajstić information content (AvgIpc) is 2.78. The summed E-state index contributed by atoms with van der Waals surface area (Å²) < 4.78 is 5.39. The van der Waals surface area contributed by atoms with Gasteiger partial charge < -0.3 is 20.3 Å². The van der Waals surface area contributed by atoms with E-state index in [4.69, 9.17) is 4.74 Å². The molecule has 5 fully saturated rings. The first-order valence-electron chi connectivity index (χ1n) is 12.6. The number of ether oxygens (including phenoxy) is 1. The molecule has 0 spiro atoms. The molecule has 5 aliphatic rings. The van der Waals surface area contributed by atoms with E-state index in [1.807, 2.05) is 37.2 Å². The summed E-state index contributed by atoms with van der Waals surface area (Å²) in [5.74, 6) is 2.25. The molecule has 7 heteroatoms. The third kappa shape index (κ3) is 4.76. The van der Waals surface area contributed by atoms with Crippen LogP contribution in [0.25, 0.3) is 0 Å². The highest BCUT2D eigenvalue weighted by Gasteiger charge is 2.54. The van der Waals surface area contributed by atoms with Crippen molar-refractivity contribution < 1.29 is 14.3 Å². The number of amides is 2. The largest absolute Gasteiger partial charge is 0.379 e. The number of benzene rings is 1. The van der Waals surface area contributed by atoms with Crippen molar-refractivity contribution in [2.24, 2.45) is 23.2 Å². The molecule has 1 aromatic carbocycles. The van der Waals surface area contributed by atoms with Crippen LogP contribution in [0.4, 0.5) is 11.4 Å². The van der Waals surface area contributed by atoms with E-state index in [1.54, 1.807) is 0 Å². The summed E-state index contributed by atoms with van der Waals surface area (Å²) in [7, 11) is 3.88. The molecule has 2 amide bonds. The van der Waals surface area contributed by atoms with Gasteiger partial charge in [-0.1, -0.05) is 0 Å². The van der Waals surface area contributed by atoms with E-state index < -0.39 is 0 Å². The minimum absolute atomic E-state index is 0.0992. The van der Waals surface area contributed by atoms with Crippen molar-refractivity contribution in [2.45, 2.75) is 38.5 Å². The molecule has 0 radical (unpaired) electrons. The molecule has 4 aliphatic carbocycles. The lowest BCUT2D eigenvalue weighted by Crippen LogP contribution is -2.51. The molecule has 4 saturated carbocycles. The summed E-state index contributed by atoms with van der Waals surface area (Å²) in [6.07, 6.45) is 7.07. The number of nitrogens with zero attached hydrogens (tertiary/aromatic N) is 2. The number of rotatable bonds is 7.